The van der Waals surface area contributed by atoms with Gasteiger partial charge in [0, 0.05) is 12.3 Å². The molecule has 138 valence electrons. The van der Waals surface area contributed by atoms with Crippen LogP contribution in [0.3, 0.4) is 0 Å². The summed E-state index contributed by atoms with van der Waals surface area (Å²) in [6.07, 6.45) is 4.59. The lowest BCUT2D eigenvalue weighted by molar-refractivity contribution is 0.187. The lowest BCUT2D eigenvalue weighted by Gasteiger charge is -2.21. The number of rotatable bonds is 6. The Kier molecular flexibility index (Phi) is 5.20. The molecular weight excluding hydrogens is 341 g/mol. The molecule has 26 heavy (non-hydrogen) atoms. The van der Waals surface area contributed by atoms with Gasteiger partial charge in [-0.1, -0.05) is 18.9 Å². The average molecular weight is 361 g/mol. The van der Waals surface area contributed by atoms with Crippen LogP contribution in [-0.4, -0.2) is 22.8 Å². The molecule has 0 bridgehead atoms. The zero-order valence-corrected chi connectivity index (χ0v) is 14.3. The van der Waals surface area contributed by atoms with Crippen LogP contribution in [-0.2, 0) is 4.74 Å². The summed E-state index contributed by atoms with van der Waals surface area (Å²) in [6.45, 7) is 0. The van der Waals surface area contributed by atoms with E-state index < -0.39 is 23.2 Å². The van der Waals surface area contributed by atoms with Crippen LogP contribution >= 0.6 is 0 Å². The van der Waals surface area contributed by atoms with Gasteiger partial charge in [0.15, 0.2) is 0 Å². The molecule has 1 atom stereocenters. The van der Waals surface area contributed by atoms with E-state index in [0.717, 1.165) is 6.42 Å². The summed E-state index contributed by atoms with van der Waals surface area (Å²) >= 11 is 0. The number of H-pyrrole nitrogens is 1. The largest absolute Gasteiger partial charge is 0.453 e. The molecular formula is C18H20FN3O4. The Bertz CT molecular complexity index is 917. The van der Waals surface area contributed by atoms with Gasteiger partial charge in [0.05, 0.1) is 18.8 Å². The van der Waals surface area contributed by atoms with Crippen LogP contribution in [0.2, 0.25) is 0 Å². The van der Waals surface area contributed by atoms with E-state index in [0.29, 0.717) is 17.9 Å². The molecule has 1 amide bonds. The summed E-state index contributed by atoms with van der Waals surface area (Å²) in [7, 11) is 1.19. The van der Waals surface area contributed by atoms with E-state index in [9.17, 15) is 18.8 Å². The third-order valence-electron chi connectivity index (χ3n) is 4.53. The summed E-state index contributed by atoms with van der Waals surface area (Å²) in [6, 6.07) is 5.21. The van der Waals surface area contributed by atoms with Crippen molar-refractivity contribution in [3.63, 3.8) is 0 Å². The highest BCUT2D eigenvalue weighted by molar-refractivity contribution is 5.84. The first kappa shape index (κ1) is 17.9. The molecule has 3 rings (SSSR count). The smallest absolute Gasteiger partial charge is 0.411 e. The predicted octanol–water partition coefficient (Wildman–Crippen LogP) is 2.63. The Morgan fingerprint density at radius 3 is 2.81 bits per heavy atom. The number of benzene rings is 1. The Morgan fingerprint density at radius 1 is 1.38 bits per heavy atom. The molecule has 1 saturated carbocycles. The maximum absolute atomic E-state index is 14.0. The molecule has 0 aliphatic heterocycles. The minimum Gasteiger partial charge on any atom is -0.453 e. The molecule has 2 N–H and O–H groups in total. The van der Waals surface area contributed by atoms with Gasteiger partial charge in [-0.25, -0.2) is 14.0 Å². The molecule has 7 nitrogen and oxygen atoms in total. The highest BCUT2D eigenvalue weighted by atomic mass is 19.1. The molecule has 1 heterocycles. The Morgan fingerprint density at radius 2 is 2.15 bits per heavy atom. The molecule has 0 radical (unpaired) electrons. The van der Waals surface area contributed by atoms with Crippen LogP contribution in [0.25, 0.3) is 0 Å². The molecule has 1 aliphatic rings. The Labute approximate surface area is 148 Å². The molecule has 1 aromatic heterocycles. The van der Waals surface area contributed by atoms with Gasteiger partial charge in [-0.3, -0.25) is 19.7 Å². The first-order valence-electron chi connectivity index (χ1n) is 8.44. The summed E-state index contributed by atoms with van der Waals surface area (Å²) in [4.78, 5) is 37.2. The van der Waals surface area contributed by atoms with E-state index in [1.807, 2.05) is 0 Å². The summed E-state index contributed by atoms with van der Waals surface area (Å²) in [5.74, 6) is 0.0398. The number of anilines is 1. The number of hydrogen-bond acceptors (Lipinski definition) is 4. The number of ether oxygens (including phenoxy) is 1. The molecule has 2 aromatic rings. The van der Waals surface area contributed by atoms with Gasteiger partial charge in [0.1, 0.15) is 5.82 Å². The summed E-state index contributed by atoms with van der Waals surface area (Å²) in [5, 5.41) is 2.33. The molecule has 0 saturated heterocycles. The van der Waals surface area contributed by atoms with Gasteiger partial charge in [-0.2, -0.15) is 0 Å². The lowest BCUT2D eigenvalue weighted by atomic mass is 9.99. The normalized spacial score (nSPS) is 14.7. The number of nitrogens with zero attached hydrogens (tertiary/aromatic N) is 1. The predicted molar refractivity (Wildman–Crippen MR) is 93.8 cm³/mol. The standard InChI is InChI=1S/C18H20FN3O4/c1-26-18(25)20-14-10-12(5-6-13(14)19)15(7-4-11-2-3-11)22-9-8-16(23)21-17(22)24/h5-6,8-11,15H,2-4,7H2,1H3,(H,20,25)(H,21,23,24). The van der Waals surface area contributed by atoms with Crippen molar-refractivity contribution in [1.29, 1.82) is 0 Å². The first-order valence-corrected chi connectivity index (χ1v) is 8.44. The second-order valence-corrected chi connectivity index (χ2v) is 6.41. The van der Waals surface area contributed by atoms with Crippen molar-refractivity contribution in [2.45, 2.75) is 31.7 Å². The number of carbonyl (C=O) groups excluding carboxylic acids is 1. The van der Waals surface area contributed by atoms with E-state index in [2.05, 4.69) is 15.0 Å². The maximum Gasteiger partial charge on any atom is 0.411 e. The monoisotopic (exact) mass is 361 g/mol. The van der Waals surface area contributed by atoms with Crippen LogP contribution in [0, 0.1) is 11.7 Å². The molecule has 0 spiro atoms. The lowest BCUT2D eigenvalue weighted by Crippen LogP contribution is -2.32. The number of aromatic amines is 1. The highest BCUT2D eigenvalue weighted by Crippen LogP contribution is 2.37. The molecule has 8 heteroatoms. The van der Waals surface area contributed by atoms with Crippen molar-refractivity contribution < 1.29 is 13.9 Å². The number of hydrogen-bond donors (Lipinski definition) is 2. The van der Waals surface area contributed by atoms with Crippen molar-refractivity contribution in [2.24, 2.45) is 5.92 Å². The van der Waals surface area contributed by atoms with Crippen LogP contribution < -0.4 is 16.6 Å². The van der Waals surface area contributed by atoms with Crippen molar-refractivity contribution in [2.75, 3.05) is 12.4 Å². The zero-order chi connectivity index (χ0) is 18.7. The third-order valence-corrected chi connectivity index (χ3v) is 4.53. The zero-order valence-electron chi connectivity index (χ0n) is 14.3. The second kappa shape index (κ2) is 7.55. The van der Waals surface area contributed by atoms with Crippen molar-refractivity contribution in [3.05, 3.63) is 62.7 Å². The van der Waals surface area contributed by atoms with Crippen molar-refractivity contribution >= 4 is 11.8 Å². The SMILES string of the molecule is COC(=O)Nc1cc(C(CCC2CC2)n2ccc(=O)[nH]c2=O)ccc1F. The number of aromatic nitrogens is 2. The van der Waals surface area contributed by atoms with Gasteiger partial charge >= 0.3 is 11.8 Å². The van der Waals surface area contributed by atoms with E-state index in [1.165, 1.54) is 48.9 Å². The van der Waals surface area contributed by atoms with Gasteiger partial charge in [0.2, 0.25) is 0 Å². The minimum atomic E-state index is -0.781. The average Bonchev–Trinajstić information content (AvgIpc) is 3.43. The quantitative estimate of drug-likeness (QED) is 0.827. The van der Waals surface area contributed by atoms with Crippen molar-refractivity contribution in [3.8, 4) is 0 Å². The van der Waals surface area contributed by atoms with Crippen LogP contribution in [0.1, 0.15) is 37.3 Å². The summed E-state index contributed by atoms with van der Waals surface area (Å²) < 4.78 is 19.9. The Balaban J connectivity index is 1.97. The van der Waals surface area contributed by atoms with E-state index in [1.54, 1.807) is 6.07 Å². The fourth-order valence-corrected chi connectivity index (χ4v) is 2.95. The van der Waals surface area contributed by atoms with E-state index >= 15 is 0 Å². The summed E-state index contributed by atoms with van der Waals surface area (Å²) in [5.41, 5.74) is -0.361. The number of nitrogens with one attached hydrogen (secondary N) is 2. The molecule has 1 fully saturated rings. The number of halogens is 1. The van der Waals surface area contributed by atoms with Gasteiger partial charge in [0.25, 0.3) is 5.56 Å². The molecule has 1 aromatic carbocycles. The van der Waals surface area contributed by atoms with Crippen LogP contribution in [0.15, 0.2) is 40.1 Å². The van der Waals surface area contributed by atoms with Crippen LogP contribution in [0.5, 0.6) is 0 Å². The number of methoxy groups -OCH3 is 1. The topological polar surface area (TPSA) is 93.2 Å². The van der Waals surface area contributed by atoms with E-state index in [4.69, 9.17) is 0 Å². The molecule has 1 unspecified atom stereocenters. The van der Waals surface area contributed by atoms with Crippen LogP contribution in [0.4, 0.5) is 14.9 Å². The number of amides is 1. The van der Waals surface area contributed by atoms with Gasteiger partial charge in [-0.15, -0.1) is 0 Å². The Hall–Kier alpha value is -2.90. The maximum atomic E-state index is 14.0. The third kappa shape index (κ3) is 4.19. The van der Waals surface area contributed by atoms with Gasteiger partial charge < -0.3 is 4.74 Å². The number of carbonyl (C=O) groups is 1. The minimum absolute atomic E-state index is 0.0248. The first-order chi connectivity index (χ1) is 12.5. The highest BCUT2D eigenvalue weighted by Gasteiger charge is 2.25. The molecule has 1 aliphatic carbocycles. The van der Waals surface area contributed by atoms with E-state index in [-0.39, 0.29) is 11.7 Å². The fourth-order valence-electron chi connectivity index (χ4n) is 2.95. The van der Waals surface area contributed by atoms with Crippen molar-refractivity contribution in [1.82, 2.24) is 9.55 Å². The van der Waals surface area contributed by atoms with Gasteiger partial charge in [-0.05, 0) is 36.5 Å². The fraction of sp³-hybridized carbons (Fsp3) is 0.389. The second-order valence-electron chi connectivity index (χ2n) is 6.41.